The maximum atomic E-state index is 12.6. The molecule has 1 amide bonds. The minimum atomic E-state index is -4.36. The summed E-state index contributed by atoms with van der Waals surface area (Å²) >= 11 is 1.17. The highest BCUT2D eigenvalue weighted by Crippen LogP contribution is 2.29. The molecular formula is C17H13F3N4OS. The SMILES string of the molecule is Cc1ncccc1C(=O)Nc1nnc(Cc2ccc(C(F)(F)F)cc2)s1. The number of aryl methyl sites for hydroxylation is 1. The first-order chi connectivity index (χ1) is 12.3. The average molecular weight is 378 g/mol. The fourth-order valence-electron chi connectivity index (χ4n) is 2.25. The predicted molar refractivity (Wildman–Crippen MR) is 91.1 cm³/mol. The van der Waals surface area contributed by atoms with Gasteiger partial charge in [0.25, 0.3) is 5.91 Å². The highest BCUT2D eigenvalue weighted by Gasteiger charge is 2.29. The number of carbonyl (C=O) groups is 1. The third-order valence-electron chi connectivity index (χ3n) is 3.58. The van der Waals surface area contributed by atoms with Crippen molar-refractivity contribution in [3.05, 3.63) is 70.0 Å². The summed E-state index contributed by atoms with van der Waals surface area (Å²) in [5.74, 6) is -0.340. The molecule has 0 bridgehead atoms. The van der Waals surface area contributed by atoms with Gasteiger partial charge in [0.1, 0.15) is 5.01 Å². The van der Waals surface area contributed by atoms with Crippen molar-refractivity contribution in [2.24, 2.45) is 0 Å². The number of aromatic nitrogens is 3. The van der Waals surface area contributed by atoms with E-state index in [0.29, 0.717) is 33.4 Å². The van der Waals surface area contributed by atoms with Crippen molar-refractivity contribution in [3.63, 3.8) is 0 Å². The Labute approximate surface area is 150 Å². The molecular weight excluding hydrogens is 365 g/mol. The molecule has 0 saturated heterocycles. The molecule has 0 saturated carbocycles. The molecule has 5 nitrogen and oxygen atoms in total. The molecule has 3 rings (SSSR count). The lowest BCUT2D eigenvalue weighted by Crippen LogP contribution is -2.13. The lowest BCUT2D eigenvalue weighted by atomic mass is 10.1. The molecule has 0 unspecified atom stereocenters. The Morgan fingerprint density at radius 1 is 1.15 bits per heavy atom. The van der Waals surface area contributed by atoms with E-state index in [1.54, 1.807) is 25.3 Å². The molecule has 0 aliphatic heterocycles. The molecule has 134 valence electrons. The van der Waals surface area contributed by atoms with E-state index in [0.717, 1.165) is 12.1 Å². The van der Waals surface area contributed by atoms with E-state index in [2.05, 4.69) is 20.5 Å². The zero-order valence-corrected chi connectivity index (χ0v) is 14.4. The van der Waals surface area contributed by atoms with E-state index in [-0.39, 0.29) is 5.91 Å². The fraction of sp³-hybridized carbons (Fsp3) is 0.176. The van der Waals surface area contributed by atoms with Crippen molar-refractivity contribution >= 4 is 22.4 Å². The smallest absolute Gasteiger partial charge is 0.296 e. The van der Waals surface area contributed by atoms with Crippen LogP contribution in [0.5, 0.6) is 0 Å². The highest BCUT2D eigenvalue weighted by atomic mass is 32.1. The van der Waals surface area contributed by atoms with E-state index in [1.807, 2.05) is 0 Å². The van der Waals surface area contributed by atoms with Gasteiger partial charge >= 0.3 is 6.18 Å². The van der Waals surface area contributed by atoms with E-state index in [4.69, 9.17) is 0 Å². The number of anilines is 1. The van der Waals surface area contributed by atoms with Gasteiger partial charge in [-0.1, -0.05) is 23.5 Å². The van der Waals surface area contributed by atoms with Gasteiger partial charge in [-0.15, -0.1) is 10.2 Å². The number of alkyl halides is 3. The first-order valence-corrected chi connectivity index (χ1v) is 8.36. The quantitative estimate of drug-likeness (QED) is 0.742. The zero-order valence-electron chi connectivity index (χ0n) is 13.5. The summed E-state index contributed by atoms with van der Waals surface area (Å²) < 4.78 is 37.7. The number of nitrogens with one attached hydrogen (secondary N) is 1. The summed E-state index contributed by atoms with van der Waals surface area (Å²) in [5, 5.41) is 11.4. The highest BCUT2D eigenvalue weighted by molar-refractivity contribution is 7.15. The van der Waals surface area contributed by atoms with E-state index >= 15 is 0 Å². The number of hydrogen-bond donors (Lipinski definition) is 1. The monoisotopic (exact) mass is 378 g/mol. The fourth-order valence-corrected chi connectivity index (χ4v) is 3.02. The summed E-state index contributed by atoms with van der Waals surface area (Å²) in [6.45, 7) is 1.73. The molecule has 0 atom stereocenters. The molecule has 0 spiro atoms. The van der Waals surface area contributed by atoms with Gasteiger partial charge in [0.15, 0.2) is 0 Å². The van der Waals surface area contributed by atoms with Gasteiger partial charge in [-0.3, -0.25) is 15.1 Å². The predicted octanol–water partition coefficient (Wildman–Crippen LogP) is 4.10. The number of pyridine rings is 1. The van der Waals surface area contributed by atoms with Crippen LogP contribution >= 0.6 is 11.3 Å². The molecule has 2 heterocycles. The molecule has 0 fully saturated rings. The van der Waals surface area contributed by atoms with Crippen molar-refractivity contribution < 1.29 is 18.0 Å². The second kappa shape index (κ2) is 7.20. The second-order valence-corrected chi connectivity index (χ2v) is 6.52. The topological polar surface area (TPSA) is 67.8 Å². The van der Waals surface area contributed by atoms with Crippen molar-refractivity contribution in [2.45, 2.75) is 19.5 Å². The Morgan fingerprint density at radius 3 is 2.54 bits per heavy atom. The van der Waals surface area contributed by atoms with Crippen molar-refractivity contribution in [3.8, 4) is 0 Å². The molecule has 26 heavy (non-hydrogen) atoms. The molecule has 0 radical (unpaired) electrons. The first kappa shape index (κ1) is 18.0. The summed E-state index contributed by atoms with van der Waals surface area (Å²) in [4.78, 5) is 16.3. The van der Waals surface area contributed by atoms with Crippen molar-refractivity contribution in [2.75, 3.05) is 5.32 Å². The first-order valence-electron chi connectivity index (χ1n) is 7.54. The van der Waals surface area contributed by atoms with Crippen molar-refractivity contribution in [1.29, 1.82) is 0 Å². The van der Waals surface area contributed by atoms with Gasteiger partial charge in [0, 0.05) is 18.3 Å². The number of hydrogen-bond acceptors (Lipinski definition) is 5. The van der Waals surface area contributed by atoms with Gasteiger partial charge in [0.05, 0.1) is 11.1 Å². The van der Waals surface area contributed by atoms with Crippen LogP contribution in [0.25, 0.3) is 0 Å². The van der Waals surface area contributed by atoms with Crippen molar-refractivity contribution in [1.82, 2.24) is 15.2 Å². The number of rotatable bonds is 4. The van der Waals surface area contributed by atoms with Gasteiger partial charge < -0.3 is 0 Å². The van der Waals surface area contributed by atoms with E-state index in [9.17, 15) is 18.0 Å². The van der Waals surface area contributed by atoms with Crippen LogP contribution in [0.4, 0.5) is 18.3 Å². The molecule has 9 heteroatoms. The molecule has 3 aromatic rings. The number of nitrogens with zero attached hydrogens (tertiary/aromatic N) is 3. The van der Waals surface area contributed by atoms with Gasteiger partial charge in [-0.05, 0) is 36.8 Å². The lowest BCUT2D eigenvalue weighted by Gasteiger charge is -2.06. The van der Waals surface area contributed by atoms with Gasteiger partial charge in [-0.25, -0.2) is 0 Å². The zero-order chi connectivity index (χ0) is 18.7. The minimum absolute atomic E-state index is 0.320. The summed E-state index contributed by atoms with van der Waals surface area (Å²) in [7, 11) is 0. The van der Waals surface area contributed by atoms with Crippen LogP contribution in [-0.4, -0.2) is 21.1 Å². The van der Waals surface area contributed by atoms with Crippen LogP contribution < -0.4 is 5.32 Å². The van der Waals surface area contributed by atoms with Crippen LogP contribution in [-0.2, 0) is 12.6 Å². The second-order valence-electron chi connectivity index (χ2n) is 5.46. The molecule has 2 aromatic heterocycles. The Morgan fingerprint density at radius 2 is 1.88 bits per heavy atom. The Kier molecular flexibility index (Phi) is 4.99. The van der Waals surface area contributed by atoms with Gasteiger partial charge in [-0.2, -0.15) is 13.2 Å². The molecule has 1 N–H and O–H groups in total. The normalized spacial score (nSPS) is 11.4. The maximum Gasteiger partial charge on any atom is 0.416 e. The summed E-state index contributed by atoms with van der Waals surface area (Å²) in [6.07, 6.45) is -2.43. The standard InChI is InChI=1S/C17H13F3N4OS/c1-10-13(3-2-8-21-10)15(25)22-16-24-23-14(26-16)9-11-4-6-12(7-5-11)17(18,19)20/h2-8H,9H2,1H3,(H,22,24,25). The maximum absolute atomic E-state index is 12.6. The third-order valence-corrected chi connectivity index (χ3v) is 4.41. The third kappa shape index (κ3) is 4.23. The number of benzene rings is 1. The Balaban J connectivity index is 1.67. The number of halogens is 3. The van der Waals surface area contributed by atoms with Crippen LogP contribution in [0.15, 0.2) is 42.6 Å². The Hall–Kier alpha value is -2.81. The molecule has 0 aliphatic carbocycles. The number of carbonyl (C=O) groups excluding carboxylic acids is 1. The van der Waals surface area contributed by atoms with Crippen LogP contribution in [0.3, 0.4) is 0 Å². The van der Waals surface area contributed by atoms with Crippen LogP contribution in [0.1, 0.15) is 32.2 Å². The molecule has 1 aromatic carbocycles. The summed E-state index contributed by atoms with van der Waals surface area (Å²) in [6, 6.07) is 8.19. The van der Waals surface area contributed by atoms with Crippen LogP contribution in [0.2, 0.25) is 0 Å². The van der Waals surface area contributed by atoms with E-state index < -0.39 is 11.7 Å². The minimum Gasteiger partial charge on any atom is -0.296 e. The average Bonchev–Trinajstić information content (AvgIpc) is 3.01. The number of amides is 1. The molecule has 0 aliphatic rings. The summed E-state index contributed by atoms with van der Waals surface area (Å²) in [5.41, 5.74) is 1.01. The Bertz CT molecular complexity index is 922. The largest absolute Gasteiger partial charge is 0.416 e. The van der Waals surface area contributed by atoms with E-state index in [1.165, 1.54) is 23.5 Å². The van der Waals surface area contributed by atoms with Gasteiger partial charge in [0.2, 0.25) is 5.13 Å². The lowest BCUT2D eigenvalue weighted by molar-refractivity contribution is -0.137. The van der Waals surface area contributed by atoms with Crippen LogP contribution in [0, 0.1) is 6.92 Å².